The van der Waals surface area contributed by atoms with Gasteiger partial charge in [-0.05, 0) is 42.5 Å². The molecule has 0 fully saturated rings. The lowest BCUT2D eigenvalue weighted by atomic mass is 10.0. The molecule has 0 aromatic carbocycles. The lowest BCUT2D eigenvalue weighted by Gasteiger charge is -2.33. The highest BCUT2D eigenvalue weighted by Crippen LogP contribution is 2.20. The Balaban J connectivity index is 2.86. The molecule has 1 amide bonds. The lowest BCUT2D eigenvalue weighted by Crippen LogP contribution is -2.47. The fourth-order valence-corrected chi connectivity index (χ4v) is 2.32. The van der Waals surface area contributed by atoms with Gasteiger partial charge < -0.3 is 10.0 Å². The number of aliphatic hydroxyl groups excluding tert-OH is 1. The first-order valence-corrected chi connectivity index (χ1v) is 6.47. The summed E-state index contributed by atoms with van der Waals surface area (Å²) in [5.74, 6) is -0.0479. The molecule has 0 atom stereocenters. The van der Waals surface area contributed by atoms with Crippen molar-refractivity contribution in [3.63, 3.8) is 0 Å². The molecule has 0 unspecified atom stereocenters. The number of nitrogens with zero attached hydrogens (tertiary/aromatic N) is 1. The third-order valence-corrected chi connectivity index (χ3v) is 4.20. The van der Waals surface area contributed by atoms with Crippen molar-refractivity contribution in [2.75, 3.05) is 13.7 Å². The quantitative estimate of drug-likeness (QED) is 0.858. The van der Waals surface area contributed by atoms with Crippen molar-refractivity contribution < 1.29 is 9.90 Å². The van der Waals surface area contributed by atoms with Crippen LogP contribution in [0.5, 0.6) is 0 Å². The van der Waals surface area contributed by atoms with E-state index in [1.807, 2.05) is 25.3 Å². The summed E-state index contributed by atoms with van der Waals surface area (Å²) in [6, 6.07) is 1.86. The van der Waals surface area contributed by atoms with Gasteiger partial charge in [-0.15, -0.1) is 11.3 Å². The van der Waals surface area contributed by atoms with Crippen molar-refractivity contribution in [3.05, 3.63) is 19.9 Å². The molecule has 1 aromatic rings. The molecule has 0 radical (unpaired) electrons. The monoisotopic (exact) mass is 339 g/mol. The van der Waals surface area contributed by atoms with Gasteiger partial charge in [-0.3, -0.25) is 4.79 Å². The number of aliphatic hydroxyl groups is 1. The van der Waals surface area contributed by atoms with Crippen LogP contribution in [-0.4, -0.2) is 35.1 Å². The summed E-state index contributed by atoms with van der Waals surface area (Å²) in [7, 11) is 1.71. The summed E-state index contributed by atoms with van der Waals surface area (Å²) in [5, 5.41) is 11.0. The van der Waals surface area contributed by atoms with Crippen molar-refractivity contribution in [1.29, 1.82) is 0 Å². The highest BCUT2D eigenvalue weighted by atomic mass is 127. The standard InChI is InChI=1S/C10H14INO2S/c1-10(2,6-13)12(3)9(14)7-4-8(11)15-5-7/h4-5,13H,6H2,1-3H3. The molecule has 1 heterocycles. The second kappa shape index (κ2) is 4.80. The molecular weight excluding hydrogens is 325 g/mol. The Morgan fingerprint density at radius 3 is 2.67 bits per heavy atom. The molecule has 0 bridgehead atoms. The molecule has 84 valence electrons. The number of thiophene rings is 1. The Morgan fingerprint density at radius 2 is 2.27 bits per heavy atom. The number of rotatable bonds is 3. The number of hydrogen-bond acceptors (Lipinski definition) is 3. The van der Waals surface area contributed by atoms with Crippen LogP contribution in [0.15, 0.2) is 11.4 Å². The van der Waals surface area contributed by atoms with E-state index in [2.05, 4.69) is 22.6 Å². The zero-order chi connectivity index (χ0) is 11.6. The maximum atomic E-state index is 12.0. The van der Waals surface area contributed by atoms with Crippen molar-refractivity contribution >= 4 is 39.8 Å². The largest absolute Gasteiger partial charge is 0.394 e. The lowest BCUT2D eigenvalue weighted by molar-refractivity contribution is 0.0473. The van der Waals surface area contributed by atoms with E-state index in [-0.39, 0.29) is 12.5 Å². The smallest absolute Gasteiger partial charge is 0.255 e. The van der Waals surface area contributed by atoms with Gasteiger partial charge in [0.25, 0.3) is 5.91 Å². The van der Waals surface area contributed by atoms with Gasteiger partial charge >= 0.3 is 0 Å². The normalized spacial score (nSPS) is 11.5. The van der Waals surface area contributed by atoms with Crippen molar-refractivity contribution in [2.45, 2.75) is 19.4 Å². The maximum Gasteiger partial charge on any atom is 0.255 e. The van der Waals surface area contributed by atoms with E-state index in [1.54, 1.807) is 23.3 Å². The summed E-state index contributed by atoms with van der Waals surface area (Å²) >= 11 is 3.73. The number of carbonyl (C=O) groups excluding carboxylic acids is 1. The second-order valence-corrected chi connectivity index (χ2v) is 6.78. The molecule has 3 nitrogen and oxygen atoms in total. The van der Waals surface area contributed by atoms with E-state index in [9.17, 15) is 9.90 Å². The van der Waals surface area contributed by atoms with Gasteiger partial charge in [0.1, 0.15) is 0 Å². The summed E-state index contributed by atoms with van der Waals surface area (Å²) in [5.41, 5.74) is 0.165. The minimum atomic E-state index is -0.523. The van der Waals surface area contributed by atoms with Crippen LogP contribution in [0.3, 0.4) is 0 Å². The number of amides is 1. The van der Waals surface area contributed by atoms with Crippen LogP contribution in [0.4, 0.5) is 0 Å². The number of likely N-dealkylation sites (N-methyl/N-ethyl adjacent to an activating group) is 1. The van der Waals surface area contributed by atoms with Crippen molar-refractivity contribution in [2.24, 2.45) is 0 Å². The zero-order valence-corrected chi connectivity index (χ0v) is 11.9. The summed E-state index contributed by atoms with van der Waals surface area (Å²) < 4.78 is 1.09. The van der Waals surface area contributed by atoms with Crippen molar-refractivity contribution in [1.82, 2.24) is 4.90 Å². The molecule has 1 aromatic heterocycles. The van der Waals surface area contributed by atoms with Gasteiger partial charge in [-0.25, -0.2) is 0 Å². The first-order chi connectivity index (χ1) is 6.88. The molecule has 0 aliphatic carbocycles. The van der Waals surface area contributed by atoms with Crippen molar-refractivity contribution in [3.8, 4) is 0 Å². The Labute approximate surface area is 107 Å². The summed E-state index contributed by atoms with van der Waals surface area (Å²) in [4.78, 5) is 13.6. The summed E-state index contributed by atoms with van der Waals surface area (Å²) in [6.07, 6.45) is 0. The van der Waals surface area contributed by atoms with Gasteiger partial charge in [0.15, 0.2) is 0 Å². The van der Waals surface area contributed by atoms with Crippen LogP contribution in [0.25, 0.3) is 0 Å². The molecule has 1 rings (SSSR count). The zero-order valence-electron chi connectivity index (χ0n) is 8.95. The minimum Gasteiger partial charge on any atom is -0.394 e. The molecule has 0 saturated heterocycles. The highest BCUT2D eigenvalue weighted by molar-refractivity contribution is 14.1. The van der Waals surface area contributed by atoms with E-state index in [0.717, 1.165) is 2.88 Å². The van der Waals surface area contributed by atoms with E-state index >= 15 is 0 Å². The molecular formula is C10H14INO2S. The van der Waals surface area contributed by atoms with E-state index in [1.165, 1.54) is 0 Å². The van der Waals surface area contributed by atoms with Crippen LogP contribution in [0, 0.1) is 2.88 Å². The van der Waals surface area contributed by atoms with Gasteiger partial charge in [0.05, 0.1) is 20.6 Å². The maximum absolute atomic E-state index is 12.0. The van der Waals surface area contributed by atoms with E-state index < -0.39 is 5.54 Å². The molecule has 0 aliphatic heterocycles. The topological polar surface area (TPSA) is 40.5 Å². The van der Waals surface area contributed by atoms with E-state index in [0.29, 0.717) is 5.56 Å². The highest BCUT2D eigenvalue weighted by Gasteiger charge is 2.27. The molecule has 0 aliphatic rings. The SMILES string of the molecule is CN(C(=O)c1csc(I)c1)C(C)(C)CO. The Hall–Kier alpha value is -0.140. The third kappa shape index (κ3) is 2.92. The van der Waals surface area contributed by atoms with Gasteiger partial charge in [0.2, 0.25) is 0 Å². The van der Waals surface area contributed by atoms with Crippen LogP contribution < -0.4 is 0 Å². The number of hydrogen-bond donors (Lipinski definition) is 1. The van der Waals surface area contributed by atoms with E-state index in [4.69, 9.17) is 0 Å². The second-order valence-electron chi connectivity index (χ2n) is 3.97. The van der Waals surface area contributed by atoms with Crippen LogP contribution >= 0.6 is 33.9 Å². The fraction of sp³-hybridized carbons (Fsp3) is 0.500. The van der Waals surface area contributed by atoms with Gasteiger partial charge in [-0.2, -0.15) is 0 Å². The number of carbonyl (C=O) groups is 1. The van der Waals surface area contributed by atoms with Crippen LogP contribution in [0.1, 0.15) is 24.2 Å². The minimum absolute atomic E-state index is 0.0452. The molecule has 5 heteroatoms. The van der Waals surface area contributed by atoms with Crippen LogP contribution in [-0.2, 0) is 0 Å². The predicted octanol–water partition coefficient (Wildman–Crippen LogP) is 2.20. The molecule has 0 saturated carbocycles. The fourth-order valence-electron chi connectivity index (χ4n) is 0.997. The Bertz CT molecular complexity index is 362. The van der Waals surface area contributed by atoms with Crippen LogP contribution in [0.2, 0.25) is 0 Å². The molecule has 1 N–H and O–H groups in total. The summed E-state index contributed by atoms with van der Waals surface area (Å²) in [6.45, 7) is 3.63. The number of halogens is 1. The third-order valence-electron chi connectivity index (χ3n) is 2.41. The Kier molecular flexibility index (Phi) is 4.13. The average molecular weight is 339 g/mol. The van der Waals surface area contributed by atoms with Gasteiger partial charge in [0, 0.05) is 12.4 Å². The molecule has 0 spiro atoms. The predicted molar refractivity (Wildman–Crippen MR) is 70.3 cm³/mol. The first-order valence-electron chi connectivity index (χ1n) is 4.51. The molecule has 15 heavy (non-hydrogen) atoms. The Morgan fingerprint density at radius 1 is 1.67 bits per heavy atom. The first kappa shape index (κ1) is 12.9. The van der Waals surface area contributed by atoms with Gasteiger partial charge in [-0.1, -0.05) is 0 Å². The average Bonchev–Trinajstić information content (AvgIpc) is 2.62.